The summed E-state index contributed by atoms with van der Waals surface area (Å²) in [5.41, 5.74) is 4.84. The van der Waals surface area contributed by atoms with Gasteiger partial charge in [0.2, 0.25) is 0 Å². The summed E-state index contributed by atoms with van der Waals surface area (Å²) in [6.45, 7) is 3.61. The van der Waals surface area contributed by atoms with Crippen LogP contribution in [0.5, 0.6) is 17.2 Å². The second-order valence-electron chi connectivity index (χ2n) is 9.19. The van der Waals surface area contributed by atoms with Crippen LogP contribution in [0, 0.1) is 0 Å². The van der Waals surface area contributed by atoms with Gasteiger partial charge in [-0.3, -0.25) is 4.99 Å². The van der Waals surface area contributed by atoms with Crippen molar-refractivity contribution in [2.45, 2.75) is 39.0 Å². The molecule has 0 radical (unpaired) electrons. The first-order chi connectivity index (χ1) is 18.2. The van der Waals surface area contributed by atoms with Gasteiger partial charge in [0.1, 0.15) is 23.9 Å². The number of ether oxygens (including phenoxy) is 3. The molecule has 0 saturated carbocycles. The van der Waals surface area contributed by atoms with Crippen molar-refractivity contribution >= 4 is 17.0 Å². The second kappa shape index (κ2) is 13.5. The monoisotopic (exact) mass is 495 g/mol. The Balaban J connectivity index is 1.53. The van der Waals surface area contributed by atoms with Crippen LogP contribution >= 0.6 is 0 Å². The Morgan fingerprint density at radius 3 is 2.32 bits per heavy atom. The first-order valence-corrected chi connectivity index (χ1v) is 13.2. The highest BCUT2D eigenvalue weighted by Gasteiger charge is 2.12. The maximum Gasteiger partial charge on any atom is 0.123 e. The van der Waals surface area contributed by atoms with Gasteiger partial charge in [0.15, 0.2) is 0 Å². The molecule has 0 amide bonds. The van der Waals surface area contributed by atoms with Gasteiger partial charge in [-0.05, 0) is 82.3 Å². The van der Waals surface area contributed by atoms with Gasteiger partial charge in [0.25, 0.3) is 0 Å². The van der Waals surface area contributed by atoms with E-state index in [1.54, 1.807) is 14.2 Å². The summed E-state index contributed by atoms with van der Waals surface area (Å²) in [5, 5.41) is 2.38. The third-order valence-electron chi connectivity index (χ3n) is 6.62. The molecule has 0 atom stereocenters. The van der Waals surface area contributed by atoms with Crippen LogP contribution < -0.4 is 14.2 Å². The fraction of sp³-hybridized carbons (Fsp3) is 0.303. The molecule has 0 aliphatic heterocycles. The van der Waals surface area contributed by atoms with Crippen LogP contribution in [0.2, 0.25) is 0 Å². The molecule has 0 saturated heterocycles. The van der Waals surface area contributed by atoms with Crippen LogP contribution in [0.1, 0.15) is 43.7 Å². The third kappa shape index (κ3) is 7.13. The van der Waals surface area contributed by atoms with E-state index in [4.69, 9.17) is 14.2 Å². The highest BCUT2D eigenvalue weighted by Crippen LogP contribution is 2.35. The lowest BCUT2D eigenvalue weighted by atomic mass is 9.90. The zero-order valence-electron chi connectivity index (χ0n) is 22.2. The van der Waals surface area contributed by atoms with Gasteiger partial charge < -0.3 is 14.2 Å². The number of aliphatic imine (C=N–C) groups is 1. The van der Waals surface area contributed by atoms with Gasteiger partial charge in [-0.1, -0.05) is 68.7 Å². The van der Waals surface area contributed by atoms with Gasteiger partial charge in [0.05, 0.1) is 14.2 Å². The van der Waals surface area contributed by atoms with Crippen LogP contribution in [0.3, 0.4) is 0 Å². The topological polar surface area (TPSA) is 40.0 Å². The molecular formula is C33H37NO3. The average Bonchev–Trinajstić information content (AvgIpc) is 2.95. The number of benzene rings is 4. The zero-order valence-corrected chi connectivity index (χ0v) is 22.2. The molecule has 4 aromatic carbocycles. The molecule has 0 aromatic heterocycles. The van der Waals surface area contributed by atoms with E-state index >= 15 is 0 Å². The van der Waals surface area contributed by atoms with Gasteiger partial charge in [-0.25, -0.2) is 0 Å². The van der Waals surface area contributed by atoms with Crippen molar-refractivity contribution in [2.75, 3.05) is 27.4 Å². The van der Waals surface area contributed by atoms with E-state index in [9.17, 15) is 0 Å². The molecule has 0 fully saturated rings. The molecule has 4 heteroatoms. The quantitative estimate of drug-likeness (QED) is 0.139. The highest BCUT2D eigenvalue weighted by atomic mass is 16.5. The largest absolute Gasteiger partial charge is 0.497 e. The Kier molecular flexibility index (Phi) is 9.59. The Morgan fingerprint density at radius 1 is 0.757 bits per heavy atom. The average molecular weight is 496 g/mol. The maximum absolute atomic E-state index is 5.88. The molecule has 0 aliphatic carbocycles. The zero-order chi connectivity index (χ0) is 25.9. The molecule has 0 aliphatic rings. The van der Waals surface area contributed by atoms with Gasteiger partial charge in [-0.15, -0.1) is 0 Å². The van der Waals surface area contributed by atoms with Gasteiger partial charge >= 0.3 is 0 Å². The number of hydrogen-bond donors (Lipinski definition) is 0. The third-order valence-corrected chi connectivity index (χ3v) is 6.62. The highest BCUT2D eigenvalue weighted by molar-refractivity contribution is 5.93. The number of unbranched alkanes of at least 4 members (excludes halogenated alkanes) is 3. The van der Waals surface area contributed by atoms with E-state index in [1.807, 2.05) is 36.5 Å². The summed E-state index contributed by atoms with van der Waals surface area (Å²) in [6, 6.07) is 27.3. The Labute approximate surface area is 220 Å². The first-order valence-electron chi connectivity index (χ1n) is 13.2. The van der Waals surface area contributed by atoms with Crippen LogP contribution in [-0.2, 0) is 6.42 Å². The van der Waals surface area contributed by atoms with E-state index in [0.717, 1.165) is 47.6 Å². The minimum atomic E-state index is 0.498. The predicted molar refractivity (Wildman–Crippen MR) is 155 cm³/mol. The molecule has 37 heavy (non-hydrogen) atoms. The van der Waals surface area contributed by atoms with Crippen molar-refractivity contribution in [3.8, 4) is 28.4 Å². The Morgan fingerprint density at radius 2 is 1.54 bits per heavy atom. The number of hydrogen-bond acceptors (Lipinski definition) is 4. The lowest BCUT2D eigenvalue weighted by molar-refractivity contribution is 0.380. The van der Waals surface area contributed by atoms with Gasteiger partial charge in [-0.2, -0.15) is 0 Å². The predicted octanol–water partition coefficient (Wildman–Crippen LogP) is 8.14. The van der Waals surface area contributed by atoms with Crippen LogP contribution in [0.4, 0.5) is 0 Å². The van der Waals surface area contributed by atoms with Crippen LogP contribution in [-0.4, -0.2) is 33.6 Å². The maximum atomic E-state index is 5.88. The summed E-state index contributed by atoms with van der Waals surface area (Å²) in [5.74, 6) is 2.57. The SMILES string of the molecule is CCCCCCN=CCOc1ccc(Cc2c(-c3cccc(OC)c3)ccc3cc(OC)ccc23)cc1. The minimum Gasteiger partial charge on any atom is -0.497 e. The molecule has 0 N–H and O–H groups in total. The molecule has 0 heterocycles. The van der Waals surface area contributed by atoms with Crippen molar-refractivity contribution in [3.63, 3.8) is 0 Å². The number of fused-ring (bicyclic) bond motifs is 1. The molecule has 0 unspecified atom stereocenters. The van der Waals surface area contributed by atoms with Crippen molar-refractivity contribution in [1.29, 1.82) is 0 Å². The summed E-state index contributed by atoms with van der Waals surface area (Å²) in [7, 11) is 3.41. The Hall–Kier alpha value is -3.79. The number of nitrogens with zero attached hydrogens (tertiary/aromatic N) is 1. The summed E-state index contributed by atoms with van der Waals surface area (Å²) >= 11 is 0. The molecule has 4 aromatic rings. The standard InChI is InChI=1S/C33H37NO3/c1-4-5-6-7-19-34-20-21-37-28-14-11-25(12-15-28)22-33-31(26-9-8-10-29(23-26)35-2)17-13-27-24-30(36-3)16-18-32(27)33/h8-18,20,23-24H,4-7,19,21-22H2,1-3H3. The molecule has 0 spiro atoms. The first kappa shape index (κ1) is 26.3. The fourth-order valence-electron chi connectivity index (χ4n) is 4.57. The van der Waals surface area contributed by atoms with Gasteiger partial charge in [0, 0.05) is 12.8 Å². The number of rotatable bonds is 13. The van der Waals surface area contributed by atoms with E-state index in [0.29, 0.717) is 6.61 Å². The van der Waals surface area contributed by atoms with Crippen LogP contribution in [0.15, 0.2) is 83.9 Å². The van der Waals surface area contributed by atoms with E-state index < -0.39 is 0 Å². The Bertz CT molecular complexity index is 1310. The molecule has 0 bridgehead atoms. The number of methoxy groups -OCH3 is 2. The molecule has 192 valence electrons. The second-order valence-corrected chi connectivity index (χ2v) is 9.19. The van der Waals surface area contributed by atoms with Crippen molar-refractivity contribution < 1.29 is 14.2 Å². The lowest BCUT2D eigenvalue weighted by Gasteiger charge is -2.16. The summed E-state index contributed by atoms with van der Waals surface area (Å²) in [6.07, 6.45) is 7.62. The van der Waals surface area contributed by atoms with Crippen LogP contribution in [0.25, 0.3) is 21.9 Å². The normalized spacial score (nSPS) is 11.2. The van der Waals surface area contributed by atoms with Crippen molar-refractivity contribution in [3.05, 3.63) is 90.0 Å². The molecule has 4 rings (SSSR count). The summed E-state index contributed by atoms with van der Waals surface area (Å²) < 4.78 is 16.8. The van der Waals surface area contributed by atoms with Crippen molar-refractivity contribution in [1.82, 2.24) is 0 Å². The smallest absolute Gasteiger partial charge is 0.123 e. The lowest BCUT2D eigenvalue weighted by Crippen LogP contribution is -2.00. The minimum absolute atomic E-state index is 0.498. The van der Waals surface area contributed by atoms with E-state index in [2.05, 4.69) is 60.4 Å². The fourth-order valence-corrected chi connectivity index (χ4v) is 4.57. The van der Waals surface area contributed by atoms with Crippen molar-refractivity contribution in [2.24, 2.45) is 4.99 Å². The summed E-state index contributed by atoms with van der Waals surface area (Å²) in [4.78, 5) is 4.46. The molecule has 4 nitrogen and oxygen atoms in total. The van der Waals surface area contributed by atoms with E-state index in [-0.39, 0.29) is 0 Å². The molecular weight excluding hydrogens is 458 g/mol. The van der Waals surface area contributed by atoms with E-state index in [1.165, 1.54) is 41.3 Å².